The van der Waals surface area contributed by atoms with Crippen molar-refractivity contribution < 1.29 is 31.1 Å². The summed E-state index contributed by atoms with van der Waals surface area (Å²) >= 11 is 0. The van der Waals surface area contributed by atoms with Crippen LogP contribution in [0.1, 0.15) is 29.8 Å². The van der Waals surface area contributed by atoms with Crippen LogP contribution in [0, 0.1) is 0 Å². The van der Waals surface area contributed by atoms with Crippen LogP contribution in [0.15, 0.2) is 24.7 Å². The topological polar surface area (TPSA) is 71.0 Å². The molecule has 0 aliphatic carbocycles. The molecule has 2 aromatic heterocycles. The van der Waals surface area contributed by atoms with Crippen molar-refractivity contribution in [3.63, 3.8) is 0 Å². The highest BCUT2D eigenvalue weighted by atomic mass is 19.4. The number of carbonyl (C=O) groups is 1. The number of likely N-dealkylation sites (tertiary alicyclic amines) is 1. The van der Waals surface area contributed by atoms with Crippen molar-refractivity contribution in [1.29, 1.82) is 0 Å². The quantitative estimate of drug-likeness (QED) is 0.750. The SMILES string of the molecule is CN1CCC[C@H]1C(=O)NCc1cc(-c2cnc(C(F)(F)F)nc2)ncc1C(F)(F)F. The van der Waals surface area contributed by atoms with Crippen molar-refractivity contribution >= 4 is 5.91 Å². The minimum Gasteiger partial charge on any atom is -0.351 e. The highest BCUT2D eigenvalue weighted by molar-refractivity contribution is 5.82. The van der Waals surface area contributed by atoms with Crippen molar-refractivity contribution in [2.45, 2.75) is 37.8 Å². The summed E-state index contributed by atoms with van der Waals surface area (Å²) in [5.74, 6) is -1.76. The Kier molecular flexibility index (Phi) is 5.97. The molecule has 0 saturated carbocycles. The van der Waals surface area contributed by atoms with Crippen LogP contribution in [-0.4, -0.2) is 45.4 Å². The summed E-state index contributed by atoms with van der Waals surface area (Å²) in [7, 11) is 1.76. The molecule has 0 radical (unpaired) electrons. The average Bonchev–Trinajstić information content (AvgIpc) is 3.10. The number of amides is 1. The maximum Gasteiger partial charge on any atom is 0.451 e. The molecule has 1 amide bonds. The van der Waals surface area contributed by atoms with Crippen LogP contribution in [0.4, 0.5) is 26.3 Å². The van der Waals surface area contributed by atoms with Crippen molar-refractivity contribution in [2.24, 2.45) is 0 Å². The van der Waals surface area contributed by atoms with Gasteiger partial charge in [-0.3, -0.25) is 14.7 Å². The summed E-state index contributed by atoms with van der Waals surface area (Å²) in [5, 5.41) is 2.50. The van der Waals surface area contributed by atoms with Gasteiger partial charge in [-0.25, -0.2) is 9.97 Å². The molecule has 0 unspecified atom stereocenters. The molecule has 1 saturated heterocycles. The second-order valence-corrected chi connectivity index (χ2v) is 6.87. The van der Waals surface area contributed by atoms with Gasteiger partial charge in [0.15, 0.2) is 0 Å². The molecule has 1 fully saturated rings. The fourth-order valence-corrected chi connectivity index (χ4v) is 3.20. The predicted octanol–water partition coefficient (Wildman–Crippen LogP) is 3.29. The summed E-state index contributed by atoms with van der Waals surface area (Å²) in [6.45, 7) is 0.314. The maximum absolute atomic E-state index is 13.3. The fourth-order valence-electron chi connectivity index (χ4n) is 3.20. The number of pyridine rings is 1. The molecule has 0 aromatic carbocycles. The summed E-state index contributed by atoms with van der Waals surface area (Å²) < 4.78 is 77.8. The largest absolute Gasteiger partial charge is 0.451 e. The molecule has 3 rings (SSSR count). The lowest BCUT2D eigenvalue weighted by atomic mass is 10.1. The maximum atomic E-state index is 13.3. The Morgan fingerprint density at radius 3 is 2.30 bits per heavy atom. The number of hydrogen-bond donors (Lipinski definition) is 1. The molecule has 2 aromatic rings. The van der Waals surface area contributed by atoms with Gasteiger partial charge in [0.1, 0.15) is 0 Å². The van der Waals surface area contributed by atoms with Crippen molar-refractivity contribution in [3.8, 4) is 11.3 Å². The first-order valence-corrected chi connectivity index (χ1v) is 8.90. The number of carbonyl (C=O) groups excluding carboxylic acids is 1. The molecule has 12 heteroatoms. The molecule has 1 atom stereocenters. The molecular weight excluding hydrogens is 416 g/mol. The Balaban J connectivity index is 1.86. The number of aromatic nitrogens is 3. The summed E-state index contributed by atoms with van der Waals surface area (Å²) in [6, 6.07) is 0.650. The second kappa shape index (κ2) is 8.17. The Bertz CT molecular complexity index is 913. The molecular formula is C18H17F6N5O. The number of alkyl halides is 6. The third kappa shape index (κ3) is 4.86. The van der Waals surface area contributed by atoms with Gasteiger partial charge >= 0.3 is 12.4 Å². The predicted molar refractivity (Wildman–Crippen MR) is 92.8 cm³/mol. The molecule has 6 nitrogen and oxygen atoms in total. The lowest BCUT2D eigenvalue weighted by molar-refractivity contribution is -0.145. The number of nitrogens with zero attached hydrogens (tertiary/aromatic N) is 4. The van der Waals surface area contributed by atoms with Crippen LogP contribution in [0.2, 0.25) is 0 Å². The zero-order chi connectivity index (χ0) is 22.1. The zero-order valence-corrected chi connectivity index (χ0v) is 15.7. The lowest BCUT2D eigenvalue weighted by Crippen LogP contribution is -2.41. The summed E-state index contributed by atoms with van der Waals surface area (Å²) in [5.41, 5.74) is -1.33. The highest BCUT2D eigenvalue weighted by Crippen LogP contribution is 2.33. The van der Waals surface area contributed by atoms with Crippen molar-refractivity contribution in [3.05, 3.63) is 41.6 Å². The highest BCUT2D eigenvalue weighted by Gasteiger charge is 2.36. The molecule has 1 N–H and O–H groups in total. The van der Waals surface area contributed by atoms with Gasteiger partial charge in [0, 0.05) is 30.7 Å². The Hall–Kier alpha value is -2.76. The normalized spacial score (nSPS) is 17.9. The van der Waals surface area contributed by atoms with Crippen LogP contribution in [0.3, 0.4) is 0 Å². The lowest BCUT2D eigenvalue weighted by Gasteiger charge is -2.20. The Morgan fingerprint density at radius 1 is 1.10 bits per heavy atom. The van der Waals surface area contributed by atoms with E-state index in [1.165, 1.54) is 0 Å². The number of hydrogen-bond acceptors (Lipinski definition) is 5. The smallest absolute Gasteiger partial charge is 0.351 e. The summed E-state index contributed by atoms with van der Waals surface area (Å²) in [4.78, 5) is 24.2. The number of halogens is 6. The van der Waals surface area contributed by atoms with Crippen LogP contribution < -0.4 is 5.32 Å². The van der Waals surface area contributed by atoms with E-state index in [-0.39, 0.29) is 22.7 Å². The third-order valence-electron chi connectivity index (χ3n) is 4.77. The van der Waals surface area contributed by atoms with Crippen LogP contribution in [-0.2, 0) is 23.7 Å². The van der Waals surface area contributed by atoms with E-state index in [1.54, 1.807) is 7.05 Å². The fraction of sp³-hybridized carbons (Fsp3) is 0.444. The Morgan fingerprint density at radius 2 is 1.77 bits per heavy atom. The van der Waals surface area contributed by atoms with Gasteiger partial charge in [-0.05, 0) is 38.1 Å². The first-order valence-electron chi connectivity index (χ1n) is 8.90. The van der Waals surface area contributed by atoms with E-state index in [0.29, 0.717) is 12.6 Å². The van der Waals surface area contributed by atoms with E-state index in [4.69, 9.17) is 0 Å². The minimum absolute atomic E-state index is 0.0137. The molecule has 1 aliphatic rings. The third-order valence-corrected chi connectivity index (χ3v) is 4.77. The van der Waals surface area contributed by atoms with E-state index >= 15 is 0 Å². The van der Waals surface area contributed by atoms with Crippen molar-refractivity contribution in [2.75, 3.05) is 13.6 Å². The number of likely N-dealkylation sites (N-methyl/N-ethyl adjacent to an activating group) is 1. The minimum atomic E-state index is -4.74. The van der Waals surface area contributed by atoms with Gasteiger partial charge < -0.3 is 5.32 Å². The molecule has 0 bridgehead atoms. The van der Waals surface area contributed by atoms with Gasteiger partial charge in [0.05, 0.1) is 17.3 Å². The van der Waals surface area contributed by atoms with Gasteiger partial charge in [-0.15, -0.1) is 0 Å². The summed E-state index contributed by atoms with van der Waals surface area (Å²) in [6.07, 6.45) is -5.78. The van der Waals surface area contributed by atoms with E-state index in [2.05, 4.69) is 20.3 Å². The molecule has 3 heterocycles. The Labute approximate surface area is 167 Å². The average molecular weight is 433 g/mol. The zero-order valence-electron chi connectivity index (χ0n) is 15.7. The molecule has 0 spiro atoms. The van der Waals surface area contributed by atoms with E-state index in [9.17, 15) is 31.1 Å². The number of nitrogens with one attached hydrogen (secondary N) is 1. The monoisotopic (exact) mass is 433 g/mol. The van der Waals surface area contributed by atoms with Crippen molar-refractivity contribution in [1.82, 2.24) is 25.2 Å². The first kappa shape index (κ1) is 21.9. The van der Waals surface area contributed by atoms with E-state index in [0.717, 1.165) is 31.4 Å². The van der Waals surface area contributed by atoms with Crippen LogP contribution >= 0.6 is 0 Å². The van der Waals surface area contributed by atoms with E-state index < -0.39 is 36.3 Å². The van der Waals surface area contributed by atoms with Crippen LogP contribution in [0.5, 0.6) is 0 Å². The van der Waals surface area contributed by atoms with Crippen LogP contribution in [0.25, 0.3) is 11.3 Å². The van der Waals surface area contributed by atoms with Gasteiger partial charge in [-0.1, -0.05) is 0 Å². The van der Waals surface area contributed by atoms with Gasteiger partial charge in [0.2, 0.25) is 11.7 Å². The van der Waals surface area contributed by atoms with E-state index in [1.807, 2.05) is 4.90 Å². The van der Waals surface area contributed by atoms with Gasteiger partial charge in [-0.2, -0.15) is 26.3 Å². The second-order valence-electron chi connectivity index (χ2n) is 6.87. The number of rotatable bonds is 4. The molecule has 162 valence electrons. The molecule has 1 aliphatic heterocycles. The standard InChI is InChI=1S/C18H17F6N5O/c1-29-4-2-3-14(29)15(30)26-6-10-5-13(25-9-12(10)17(19,20)21)11-7-27-16(28-8-11)18(22,23)24/h5,7-9,14H,2-4,6H2,1H3,(H,26,30)/t14-/m0/s1. The molecule has 30 heavy (non-hydrogen) atoms. The van der Waals surface area contributed by atoms with Gasteiger partial charge in [0.25, 0.3) is 0 Å². The first-order chi connectivity index (χ1) is 14.0.